The van der Waals surface area contributed by atoms with Crippen LogP contribution in [0.2, 0.25) is 10.0 Å². The van der Waals surface area contributed by atoms with Gasteiger partial charge in [-0.15, -0.1) is 0 Å². The van der Waals surface area contributed by atoms with Gasteiger partial charge in [0.2, 0.25) is 0 Å². The molecule has 1 amide bonds. The van der Waals surface area contributed by atoms with Gasteiger partial charge in [-0.3, -0.25) is 0 Å². The summed E-state index contributed by atoms with van der Waals surface area (Å²) in [6, 6.07) is 14.1. The molecule has 0 aliphatic rings. The van der Waals surface area contributed by atoms with Crippen LogP contribution in [0.25, 0.3) is 0 Å². The Labute approximate surface area is 156 Å². The van der Waals surface area contributed by atoms with E-state index in [1.165, 1.54) is 0 Å². The summed E-state index contributed by atoms with van der Waals surface area (Å²) in [5.74, 6) is 0. The number of rotatable bonds is 8. The maximum Gasteiger partial charge on any atom is 0.404 e. The standard InChI is InChI=1S/C18H20Cl2N2O3/c19-14-7-6-13(8-15(14)20)10-21-11-17(23)16(22-18(24)25)9-12-4-2-1-3-5-12/h1-8,16-17,21-23H,9-11H2,(H,24,25). The minimum absolute atomic E-state index is 0.234. The summed E-state index contributed by atoms with van der Waals surface area (Å²) < 4.78 is 0. The Morgan fingerprint density at radius 1 is 1.04 bits per heavy atom. The minimum atomic E-state index is -1.16. The maximum absolute atomic E-state index is 11.0. The summed E-state index contributed by atoms with van der Waals surface area (Å²) in [5.41, 5.74) is 1.87. The highest BCUT2D eigenvalue weighted by molar-refractivity contribution is 6.42. The van der Waals surface area contributed by atoms with Crippen molar-refractivity contribution in [1.29, 1.82) is 0 Å². The Kier molecular flexibility index (Phi) is 7.52. The van der Waals surface area contributed by atoms with Crippen LogP contribution in [0.15, 0.2) is 48.5 Å². The molecular formula is C18H20Cl2N2O3. The number of aliphatic hydroxyl groups excluding tert-OH is 1. The van der Waals surface area contributed by atoms with Crippen LogP contribution in [-0.2, 0) is 13.0 Å². The molecule has 134 valence electrons. The topological polar surface area (TPSA) is 81.6 Å². The van der Waals surface area contributed by atoms with E-state index in [1.54, 1.807) is 12.1 Å². The average Bonchev–Trinajstić information content (AvgIpc) is 2.58. The van der Waals surface area contributed by atoms with Gasteiger partial charge in [0.05, 0.1) is 22.2 Å². The van der Waals surface area contributed by atoms with Crippen molar-refractivity contribution in [3.63, 3.8) is 0 Å². The van der Waals surface area contributed by atoms with Crippen LogP contribution in [0.5, 0.6) is 0 Å². The van der Waals surface area contributed by atoms with Crippen LogP contribution in [0.3, 0.4) is 0 Å². The largest absolute Gasteiger partial charge is 0.465 e. The molecule has 0 aromatic heterocycles. The van der Waals surface area contributed by atoms with Gasteiger partial charge in [-0.25, -0.2) is 4.79 Å². The third-order valence-corrected chi connectivity index (χ3v) is 4.48. The number of hydrogen-bond acceptors (Lipinski definition) is 3. The predicted molar refractivity (Wildman–Crippen MR) is 99.3 cm³/mol. The van der Waals surface area contributed by atoms with Crippen molar-refractivity contribution in [2.24, 2.45) is 0 Å². The van der Waals surface area contributed by atoms with Crippen molar-refractivity contribution in [2.75, 3.05) is 6.54 Å². The highest BCUT2D eigenvalue weighted by Crippen LogP contribution is 2.22. The Morgan fingerprint density at radius 2 is 1.76 bits per heavy atom. The molecule has 4 N–H and O–H groups in total. The van der Waals surface area contributed by atoms with Crippen LogP contribution < -0.4 is 10.6 Å². The molecule has 2 atom stereocenters. The third-order valence-electron chi connectivity index (χ3n) is 3.74. The van der Waals surface area contributed by atoms with Crippen molar-refractivity contribution in [3.8, 4) is 0 Å². The molecule has 0 fully saturated rings. The lowest BCUT2D eigenvalue weighted by atomic mass is 10.0. The normalized spacial score (nSPS) is 13.2. The van der Waals surface area contributed by atoms with Gasteiger partial charge in [0, 0.05) is 13.1 Å². The zero-order valence-electron chi connectivity index (χ0n) is 13.5. The molecule has 0 heterocycles. The molecule has 5 nitrogen and oxygen atoms in total. The van der Waals surface area contributed by atoms with Gasteiger partial charge in [0.25, 0.3) is 0 Å². The van der Waals surface area contributed by atoms with Crippen molar-refractivity contribution in [3.05, 3.63) is 69.7 Å². The SMILES string of the molecule is O=C(O)NC(Cc1ccccc1)C(O)CNCc1ccc(Cl)c(Cl)c1. The number of nitrogens with one attached hydrogen (secondary N) is 2. The minimum Gasteiger partial charge on any atom is -0.465 e. The van der Waals surface area contributed by atoms with Crippen molar-refractivity contribution < 1.29 is 15.0 Å². The molecule has 0 aliphatic carbocycles. The van der Waals surface area contributed by atoms with Crippen LogP contribution in [0.1, 0.15) is 11.1 Å². The summed E-state index contributed by atoms with van der Waals surface area (Å²) >= 11 is 11.8. The maximum atomic E-state index is 11.0. The van der Waals surface area contributed by atoms with E-state index < -0.39 is 18.2 Å². The van der Waals surface area contributed by atoms with Crippen LogP contribution in [-0.4, -0.2) is 35.0 Å². The van der Waals surface area contributed by atoms with Gasteiger partial charge in [-0.05, 0) is 29.7 Å². The summed E-state index contributed by atoms with van der Waals surface area (Å²) in [5, 5.41) is 25.8. The van der Waals surface area contributed by atoms with Gasteiger partial charge in [-0.2, -0.15) is 0 Å². The Morgan fingerprint density at radius 3 is 2.40 bits per heavy atom. The fourth-order valence-corrected chi connectivity index (χ4v) is 2.79. The molecule has 0 radical (unpaired) electrons. The molecule has 2 rings (SSSR count). The molecule has 2 unspecified atom stereocenters. The second kappa shape index (κ2) is 9.63. The highest BCUT2D eigenvalue weighted by Gasteiger charge is 2.21. The number of benzene rings is 2. The first-order valence-corrected chi connectivity index (χ1v) is 8.57. The summed E-state index contributed by atoms with van der Waals surface area (Å²) in [6.07, 6.45) is -1.63. The van der Waals surface area contributed by atoms with Gasteiger partial charge < -0.3 is 20.8 Å². The number of carboxylic acid groups (broad SMARTS) is 1. The van der Waals surface area contributed by atoms with Crippen molar-refractivity contribution in [2.45, 2.75) is 25.1 Å². The molecule has 2 aromatic carbocycles. The van der Waals surface area contributed by atoms with Gasteiger partial charge in [0.1, 0.15) is 0 Å². The number of aliphatic hydroxyl groups is 1. The first-order valence-electron chi connectivity index (χ1n) is 7.82. The van der Waals surface area contributed by atoms with E-state index in [-0.39, 0.29) is 6.54 Å². The van der Waals surface area contributed by atoms with E-state index in [0.29, 0.717) is 23.0 Å². The third kappa shape index (κ3) is 6.55. The molecule has 0 aliphatic heterocycles. The van der Waals surface area contributed by atoms with Gasteiger partial charge in [0.15, 0.2) is 0 Å². The lowest BCUT2D eigenvalue weighted by molar-refractivity contribution is 0.117. The fraction of sp³-hybridized carbons (Fsp3) is 0.278. The Hall–Kier alpha value is -1.79. The van der Waals surface area contributed by atoms with E-state index in [2.05, 4.69) is 10.6 Å². The first kappa shape index (κ1) is 19.5. The number of hydrogen-bond donors (Lipinski definition) is 4. The molecule has 0 bridgehead atoms. The molecule has 0 saturated carbocycles. The number of halogens is 2. The van der Waals surface area contributed by atoms with Crippen LogP contribution in [0.4, 0.5) is 4.79 Å². The second-order valence-corrected chi connectivity index (χ2v) is 6.51. The molecule has 25 heavy (non-hydrogen) atoms. The van der Waals surface area contributed by atoms with E-state index in [4.69, 9.17) is 28.3 Å². The predicted octanol–water partition coefficient (Wildman–Crippen LogP) is 3.32. The van der Waals surface area contributed by atoms with E-state index in [9.17, 15) is 9.90 Å². The average molecular weight is 383 g/mol. The fourth-order valence-electron chi connectivity index (χ4n) is 2.47. The monoisotopic (exact) mass is 382 g/mol. The lowest BCUT2D eigenvalue weighted by Crippen LogP contribution is -2.48. The molecule has 2 aromatic rings. The van der Waals surface area contributed by atoms with Gasteiger partial charge in [-0.1, -0.05) is 59.6 Å². The van der Waals surface area contributed by atoms with Crippen molar-refractivity contribution in [1.82, 2.24) is 10.6 Å². The molecular weight excluding hydrogens is 363 g/mol. The van der Waals surface area contributed by atoms with E-state index >= 15 is 0 Å². The van der Waals surface area contributed by atoms with Gasteiger partial charge >= 0.3 is 6.09 Å². The van der Waals surface area contributed by atoms with Crippen molar-refractivity contribution >= 4 is 29.3 Å². The zero-order chi connectivity index (χ0) is 18.2. The second-order valence-electron chi connectivity index (χ2n) is 5.69. The Balaban J connectivity index is 1.90. The Bertz CT molecular complexity index is 698. The first-order chi connectivity index (χ1) is 12.0. The van der Waals surface area contributed by atoms with E-state index in [0.717, 1.165) is 11.1 Å². The summed E-state index contributed by atoms with van der Waals surface area (Å²) in [7, 11) is 0. The smallest absolute Gasteiger partial charge is 0.404 e. The quantitative estimate of drug-likeness (QED) is 0.564. The summed E-state index contributed by atoms with van der Waals surface area (Å²) in [6.45, 7) is 0.719. The number of carbonyl (C=O) groups is 1. The molecule has 0 saturated heterocycles. The number of amides is 1. The van der Waals surface area contributed by atoms with E-state index in [1.807, 2.05) is 36.4 Å². The molecule has 0 spiro atoms. The zero-order valence-corrected chi connectivity index (χ0v) is 15.0. The van der Waals surface area contributed by atoms with Crippen LogP contribution in [0, 0.1) is 0 Å². The lowest BCUT2D eigenvalue weighted by Gasteiger charge is -2.23. The highest BCUT2D eigenvalue weighted by atomic mass is 35.5. The summed E-state index contributed by atoms with van der Waals surface area (Å²) in [4.78, 5) is 11.0. The van der Waals surface area contributed by atoms with Crippen LogP contribution >= 0.6 is 23.2 Å². The molecule has 7 heteroatoms.